The molecule has 0 radical (unpaired) electrons. The Hall–Kier alpha value is -3.57. The highest BCUT2D eigenvalue weighted by molar-refractivity contribution is 7.99. The van der Waals surface area contributed by atoms with E-state index in [4.69, 9.17) is 0 Å². The van der Waals surface area contributed by atoms with Crippen molar-refractivity contribution < 1.29 is 13.3 Å². The van der Waals surface area contributed by atoms with Crippen molar-refractivity contribution in [3.63, 3.8) is 0 Å². The van der Waals surface area contributed by atoms with E-state index in [9.17, 15) is 18.5 Å². The fourth-order valence-corrected chi connectivity index (χ4v) is 4.47. The molecule has 0 unspecified atom stereocenters. The molecular formula is C20H15N5O4S2. The van der Waals surface area contributed by atoms with Gasteiger partial charge in [0.25, 0.3) is 5.69 Å². The third kappa shape index (κ3) is 4.32. The van der Waals surface area contributed by atoms with Gasteiger partial charge < -0.3 is 0 Å². The van der Waals surface area contributed by atoms with Gasteiger partial charge in [-0.3, -0.25) is 19.7 Å². The molecule has 0 bridgehead atoms. The summed E-state index contributed by atoms with van der Waals surface area (Å²) < 4.78 is 25.4. The van der Waals surface area contributed by atoms with Crippen LogP contribution in [0, 0.1) is 10.1 Å². The zero-order valence-electron chi connectivity index (χ0n) is 16.1. The highest BCUT2D eigenvalue weighted by Crippen LogP contribution is 2.37. The molecule has 31 heavy (non-hydrogen) atoms. The maximum Gasteiger partial charge on any atom is 0.284 e. The van der Waals surface area contributed by atoms with Gasteiger partial charge >= 0.3 is 0 Å². The van der Waals surface area contributed by atoms with E-state index in [1.165, 1.54) is 12.1 Å². The molecule has 9 nitrogen and oxygen atoms in total. The summed E-state index contributed by atoms with van der Waals surface area (Å²) in [4.78, 5) is 15.2. The summed E-state index contributed by atoms with van der Waals surface area (Å²) >= 11 is 1.04. The van der Waals surface area contributed by atoms with Crippen molar-refractivity contribution in [2.75, 3.05) is 6.26 Å². The first-order valence-electron chi connectivity index (χ1n) is 8.92. The van der Waals surface area contributed by atoms with Crippen molar-refractivity contribution in [3.05, 3.63) is 83.2 Å². The second kappa shape index (κ2) is 8.28. The van der Waals surface area contributed by atoms with Crippen molar-refractivity contribution >= 4 is 27.3 Å². The van der Waals surface area contributed by atoms with E-state index in [2.05, 4.69) is 15.2 Å². The molecule has 11 heteroatoms. The molecule has 0 aliphatic carbocycles. The van der Waals surface area contributed by atoms with Crippen molar-refractivity contribution in [2.45, 2.75) is 14.9 Å². The Kier molecular flexibility index (Phi) is 5.53. The number of sulfone groups is 1. The Balaban J connectivity index is 1.85. The first-order chi connectivity index (χ1) is 14.8. The smallest absolute Gasteiger partial charge is 0.270 e. The molecule has 2 aromatic heterocycles. The van der Waals surface area contributed by atoms with E-state index < -0.39 is 14.8 Å². The zero-order valence-corrected chi connectivity index (χ0v) is 17.7. The van der Waals surface area contributed by atoms with Gasteiger partial charge in [0.05, 0.1) is 14.7 Å². The van der Waals surface area contributed by atoms with Gasteiger partial charge in [-0.1, -0.05) is 18.2 Å². The van der Waals surface area contributed by atoms with Crippen molar-refractivity contribution in [1.29, 1.82) is 0 Å². The lowest BCUT2D eigenvalue weighted by Gasteiger charge is -2.10. The molecule has 0 fully saturated rings. The van der Waals surface area contributed by atoms with E-state index in [0.29, 0.717) is 11.0 Å². The van der Waals surface area contributed by atoms with Crippen LogP contribution in [0.1, 0.15) is 0 Å². The quantitative estimate of drug-likeness (QED) is 0.319. The number of benzene rings is 2. The molecular weight excluding hydrogens is 438 g/mol. The summed E-state index contributed by atoms with van der Waals surface area (Å²) in [5.74, 6) is 0.548. The largest absolute Gasteiger partial charge is 0.284 e. The summed E-state index contributed by atoms with van der Waals surface area (Å²) in [5.41, 5.74) is 1.23. The molecule has 0 atom stereocenters. The number of nitro benzene ring substituents is 1. The van der Waals surface area contributed by atoms with Gasteiger partial charge in [0.15, 0.2) is 15.7 Å². The topological polar surface area (TPSA) is 121 Å². The fourth-order valence-electron chi connectivity index (χ4n) is 2.89. The number of hydrogen-bond donors (Lipinski definition) is 0. The Labute approximate surface area is 181 Å². The number of rotatable bonds is 6. The van der Waals surface area contributed by atoms with E-state index in [-0.39, 0.29) is 15.5 Å². The van der Waals surface area contributed by atoms with Crippen LogP contribution in [0.3, 0.4) is 0 Å². The van der Waals surface area contributed by atoms with Crippen LogP contribution in [0.25, 0.3) is 17.1 Å². The van der Waals surface area contributed by atoms with Gasteiger partial charge in [0.1, 0.15) is 0 Å². The van der Waals surface area contributed by atoms with Crippen molar-refractivity contribution in [3.8, 4) is 17.1 Å². The number of nitro groups is 1. The molecule has 0 amide bonds. The van der Waals surface area contributed by atoms with Crippen LogP contribution in [-0.4, -0.2) is 39.3 Å². The number of pyridine rings is 1. The predicted molar refractivity (Wildman–Crippen MR) is 115 cm³/mol. The average molecular weight is 454 g/mol. The van der Waals surface area contributed by atoms with E-state index in [0.717, 1.165) is 35.3 Å². The molecule has 0 spiro atoms. The normalized spacial score (nSPS) is 11.4. The Bertz CT molecular complexity index is 1360. The number of aromatic nitrogens is 4. The minimum Gasteiger partial charge on any atom is -0.270 e. The summed E-state index contributed by atoms with van der Waals surface area (Å²) in [6.07, 6.45) is 4.29. The van der Waals surface area contributed by atoms with Crippen LogP contribution < -0.4 is 0 Å². The Morgan fingerprint density at radius 1 is 1.00 bits per heavy atom. The first kappa shape index (κ1) is 20.7. The molecule has 4 rings (SSSR count). The highest BCUT2D eigenvalue weighted by atomic mass is 32.2. The van der Waals surface area contributed by atoms with E-state index in [1.54, 1.807) is 29.1 Å². The second-order valence-corrected chi connectivity index (χ2v) is 9.50. The summed E-state index contributed by atoms with van der Waals surface area (Å²) in [6, 6.07) is 16.8. The van der Waals surface area contributed by atoms with Gasteiger partial charge in [0, 0.05) is 36.0 Å². The van der Waals surface area contributed by atoms with E-state index >= 15 is 0 Å². The van der Waals surface area contributed by atoms with Crippen molar-refractivity contribution in [2.24, 2.45) is 0 Å². The molecule has 0 N–H and O–H groups in total. The standard InChI is InChI=1S/C20H15N5O4S2/c1-31(28,29)16-7-8-18(17(13-16)25(26)27)30-20-23-22-19(14-9-11-21-12-10-14)24(20)15-5-3-2-4-6-15/h2-13H,1H3. The van der Waals surface area contributed by atoms with E-state index in [1.807, 2.05) is 30.3 Å². The fraction of sp³-hybridized carbons (Fsp3) is 0.0500. The minimum atomic E-state index is -3.58. The SMILES string of the molecule is CS(=O)(=O)c1ccc(Sc2nnc(-c3ccncc3)n2-c2ccccc2)c([N+](=O)[O-])c1. The lowest BCUT2D eigenvalue weighted by Crippen LogP contribution is -2.01. The second-order valence-electron chi connectivity index (χ2n) is 6.47. The average Bonchev–Trinajstić information content (AvgIpc) is 3.18. The first-order valence-corrected chi connectivity index (χ1v) is 11.6. The third-order valence-corrected chi connectivity index (χ3v) is 6.46. The minimum absolute atomic E-state index is 0.120. The van der Waals surface area contributed by atoms with Crippen LogP contribution in [0.2, 0.25) is 0 Å². The highest BCUT2D eigenvalue weighted by Gasteiger charge is 2.23. The maximum atomic E-state index is 11.8. The number of hydrogen-bond acceptors (Lipinski definition) is 8. The van der Waals surface area contributed by atoms with Crippen LogP contribution in [0.5, 0.6) is 0 Å². The Morgan fingerprint density at radius 3 is 2.35 bits per heavy atom. The van der Waals surface area contributed by atoms with Gasteiger partial charge in [-0.05, 0) is 48.2 Å². The van der Waals surface area contributed by atoms with Crippen LogP contribution in [0.4, 0.5) is 5.69 Å². The lowest BCUT2D eigenvalue weighted by molar-refractivity contribution is -0.388. The van der Waals surface area contributed by atoms with Gasteiger partial charge in [-0.25, -0.2) is 8.42 Å². The number of nitrogens with zero attached hydrogens (tertiary/aromatic N) is 5. The van der Waals surface area contributed by atoms with Gasteiger partial charge in [-0.2, -0.15) is 0 Å². The maximum absolute atomic E-state index is 11.8. The third-order valence-electron chi connectivity index (χ3n) is 4.34. The molecule has 156 valence electrons. The molecule has 0 saturated heterocycles. The molecule has 0 aliphatic heterocycles. The van der Waals surface area contributed by atoms with Crippen LogP contribution >= 0.6 is 11.8 Å². The molecule has 2 aromatic carbocycles. The van der Waals surface area contributed by atoms with Crippen molar-refractivity contribution in [1.82, 2.24) is 19.7 Å². The molecule has 2 heterocycles. The lowest BCUT2D eigenvalue weighted by atomic mass is 10.2. The van der Waals surface area contributed by atoms with Crippen LogP contribution in [0.15, 0.2) is 88.0 Å². The van der Waals surface area contributed by atoms with Gasteiger partial charge in [-0.15, -0.1) is 10.2 Å². The summed E-state index contributed by atoms with van der Waals surface area (Å²) in [5, 5.41) is 20.6. The predicted octanol–water partition coefficient (Wildman–Crippen LogP) is 3.79. The monoisotopic (exact) mass is 453 g/mol. The molecule has 4 aromatic rings. The summed E-state index contributed by atoms with van der Waals surface area (Å²) in [6.45, 7) is 0. The zero-order chi connectivity index (χ0) is 22.0. The Morgan fingerprint density at radius 2 is 1.71 bits per heavy atom. The van der Waals surface area contributed by atoms with Crippen LogP contribution in [-0.2, 0) is 9.84 Å². The van der Waals surface area contributed by atoms with Gasteiger partial charge in [0.2, 0.25) is 5.16 Å². The molecule has 0 saturated carbocycles. The number of para-hydroxylation sites is 1. The molecule has 0 aliphatic rings. The summed E-state index contributed by atoms with van der Waals surface area (Å²) in [7, 11) is -3.58.